The molecule has 1 aromatic carbocycles. The standard InChI is InChI=1S/C20H25BrN4O/c1-13(2)18-14(3)22-15(4)23-19(18)24-8-10-25(11-9-24)20(26)16-6-5-7-17(21)12-16/h5-7,12-13H,8-11H2,1-4H3. The number of hydrogen-bond donors (Lipinski definition) is 0. The van der Waals surface area contributed by atoms with Gasteiger partial charge in [-0.25, -0.2) is 9.97 Å². The number of rotatable bonds is 3. The maximum absolute atomic E-state index is 12.7. The predicted molar refractivity (Wildman–Crippen MR) is 108 cm³/mol. The molecule has 0 bridgehead atoms. The molecule has 1 amide bonds. The van der Waals surface area contributed by atoms with Crippen LogP contribution >= 0.6 is 15.9 Å². The first-order valence-electron chi connectivity index (χ1n) is 9.01. The third-order valence-electron chi connectivity index (χ3n) is 4.74. The van der Waals surface area contributed by atoms with Crippen molar-refractivity contribution >= 4 is 27.7 Å². The smallest absolute Gasteiger partial charge is 0.254 e. The second-order valence-electron chi connectivity index (χ2n) is 7.04. The first kappa shape index (κ1) is 18.8. The highest BCUT2D eigenvalue weighted by Gasteiger charge is 2.26. The number of hydrogen-bond acceptors (Lipinski definition) is 4. The fourth-order valence-corrected chi connectivity index (χ4v) is 3.94. The van der Waals surface area contributed by atoms with E-state index in [9.17, 15) is 4.79 Å². The van der Waals surface area contributed by atoms with Gasteiger partial charge in [-0.1, -0.05) is 35.8 Å². The summed E-state index contributed by atoms with van der Waals surface area (Å²) < 4.78 is 0.926. The first-order chi connectivity index (χ1) is 12.4. The van der Waals surface area contributed by atoms with Crippen LogP contribution in [-0.2, 0) is 0 Å². The summed E-state index contributed by atoms with van der Waals surface area (Å²) in [6, 6.07) is 7.58. The Morgan fingerprint density at radius 3 is 2.42 bits per heavy atom. The number of carbonyl (C=O) groups is 1. The zero-order valence-electron chi connectivity index (χ0n) is 15.8. The number of benzene rings is 1. The van der Waals surface area contributed by atoms with Crippen LogP contribution in [0.2, 0.25) is 0 Å². The van der Waals surface area contributed by atoms with Gasteiger partial charge >= 0.3 is 0 Å². The summed E-state index contributed by atoms with van der Waals surface area (Å²) in [4.78, 5) is 26.2. The second kappa shape index (κ2) is 7.74. The molecule has 0 radical (unpaired) electrons. The van der Waals surface area contributed by atoms with Crippen molar-refractivity contribution in [2.75, 3.05) is 31.1 Å². The van der Waals surface area contributed by atoms with E-state index in [2.05, 4.69) is 46.6 Å². The Kier molecular flexibility index (Phi) is 5.61. The minimum atomic E-state index is 0.0880. The van der Waals surface area contributed by atoms with E-state index in [-0.39, 0.29) is 5.91 Å². The number of nitrogens with zero attached hydrogens (tertiary/aromatic N) is 4. The molecule has 0 saturated carbocycles. The van der Waals surface area contributed by atoms with E-state index in [0.717, 1.165) is 40.5 Å². The first-order valence-corrected chi connectivity index (χ1v) is 9.81. The van der Waals surface area contributed by atoms with Gasteiger partial charge in [0.25, 0.3) is 5.91 Å². The molecular formula is C20H25BrN4O. The normalized spacial score (nSPS) is 14.8. The number of amides is 1. The van der Waals surface area contributed by atoms with E-state index in [4.69, 9.17) is 4.98 Å². The Bertz CT molecular complexity index is 813. The van der Waals surface area contributed by atoms with E-state index < -0.39 is 0 Å². The summed E-state index contributed by atoms with van der Waals surface area (Å²) in [6.45, 7) is 11.3. The lowest BCUT2D eigenvalue weighted by molar-refractivity contribution is 0.0746. The number of halogens is 1. The highest BCUT2D eigenvalue weighted by molar-refractivity contribution is 9.10. The van der Waals surface area contributed by atoms with Gasteiger partial charge in [0.15, 0.2) is 0 Å². The lowest BCUT2D eigenvalue weighted by Crippen LogP contribution is -2.49. The number of anilines is 1. The lowest BCUT2D eigenvalue weighted by Gasteiger charge is -2.37. The zero-order valence-corrected chi connectivity index (χ0v) is 17.4. The molecule has 2 aromatic rings. The molecule has 1 saturated heterocycles. The van der Waals surface area contributed by atoms with Crippen LogP contribution in [0.4, 0.5) is 5.82 Å². The van der Waals surface area contributed by atoms with Crippen molar-refractivity contribution in [3.05, 3.63) is 51.4 Å². The Hall–Kier alpha value is -1.95. The highest BCUT2D eigenvalue weighted by Crippen LogP contribution is 2.29. The molecule has 1 aliphatic rings. The van der Waals surface area contributed by atoms with Gasteiger partial charge in [0.05, 0.1) is 0 Å². The van der Waals surface area contributed by atoms with Gasteiger partial charge in [-0.2, -0.15) is 0 Å². The van der Waals surface area contributed by atoms with E-state index in [1.807, 2.05) is 36.1 Å². The van der Waals surface area contributed by atoms with Crippen LogP contribution in [0.5, 0.6) is 0 Å². The molecule has 0 aliphatic carbocycles. The van der Waals surface area contributed by atoms with E-state index >= 15 is 0 Å². The van der Waals surface area contributed by atoms with Crippen LogP contribution in [-0.4, -0.2) is 47.0 Å². The Morgan fingerprint density at radius 1 is 1.12 bits per heavy atom. The van der Waals surface area contributed by atoms with E-state index in [0.29, 0.717) is 19.0 Å². The van der Waals surface area contributed by atoms with Crippen molar-refractivity contribution in [2.45, 2.75) is 33.6 Å². The molecule has 5 nitrogen and oxygen atoms in total. The predicted octanol–water partition coefficient (Wildman–Crippen LogP) is 3.94. The van der Waals surface area contributed by atoms with Crippen molar-refractivity contribution < 1.29 is 4.79 Å². The molecule has 0 spiro atoms. The van der Waals surface area contributed by atoms with Gasteiger partial charge in [0, 0.05) is 47.5 Å². The monoisotopic (exact) mass is 416 g/mol. The van der Waals surface area contributed by atoms with Crippen LogP contribution in [0.1, 0.15) is 47.2 Å². The Labute approximate surface area is 163 Å². The Balaban J connectivity index is 1.76. The summed E-state index contributed by atoms with van der Waals surface area (Å²) in [5.74, 6) is 2.28. The van der Waals surface area contributed by atoms with Crippen molar-refractivity contribution in [1.29, 1.82) is 0 Å². The number of aromatic nitrogens is 2. The van der Waals surface area contributed by atoms with Gasteiger partial charge < -0.3 is 9.80 Å². The maximum Gasteiger partial charge on any atom is 0.254 e. The average molecular weight is 417 g/mol. The van der Waals surface area contributed by atoms with Crippen molar-refractivity contribution in [3.8, 4) is 0 Å². The molecule has 0 unspecified atom stereocenters. The quantitative estimate of drug-likeness (QED) is 0.759. The minimum Gasteiger partial charge on any atom is -0.353 e. The fraction of sp³-hybridized carbons (Fsp3) is 0.450. The third-order valence-corrected chi connectivity index (χ3v) is 5.24. The van der Waals surface area contributed by atoms with Gasteiger partial charge in [-0.15, -0.1) is 0 Å². The van der Waals surface area contributed by atoms with Crippen LogP contribution < -0.4 is 4.90 Å². The van der Waals surface area contributed by atoms with E-state index in [1.54, 1.807) is 0 Å². The molecular weight excluding hydrogens is 392 g/mol. The minimum absolute atomic E-state index is 0.0880. The van der Waals surface area contributed by atoms with Crippen molar-refractivity contribution in [1.82, 2.24) is 14.9 Å². The second-order valence-corrected chi connectivity index (χ2v) is 7.95. The molecule has 3 rings (SSSR count). The molecule has 26 heavy (non-hydrogen) atoms. The van der Waals surface area contributed by atoms with Gasteiger partial charge in [0.1, 0.15) is 11.6 Å². The number of piperazine rings is 1. The fourth-order valence-electron chi connectivity index (χ4n) is 3.55. The largest absolute Gasteiger partial charge is 0.353 e. The highest BCUT2D eigenvalue weighted by atomic mass is 79.9. The molecule has 138 valence electrons. The number of aryl methyl sites for hydroxylation is 2. The van der Waals surface area contributed by atoms with Crippen LogP contribution in [0.15, 0.2) is 28.7 Å². The van der Waals surface area contributed by atoms with Crippen LogP contribution in [0, 0.1) is 13.8 Å². The van der Waals surface area contributed by atoms with Crippen LogP contribution in [0.3, 0.4) is 0 Å². The lowest BCUT2D eigenvalue weighted by atomic mass is 10.0. The zero-order chi connectivity index (χ0) is 18.8. The topological polar surface area (TPSA) is 49.3 Å². The molecule has 1 aliphatic heterocycles. The number of carbonyl (C=O) groups excluding carboxylic acids is 1. The van der Waals surface area contributed by atoms with Crippen molar-refractivity contribution in [3.63, 3.8) is 0 Å². The third kappa shape index (κ3) is 3.90. The van der Waals surface area contributed by atoms with Gasteiger partial charge in [0.2, 0.25) is 0 Å². The summed E-state index contributed by atoms with van der Waals surface area (Å²) in [6.07, 6.45) is 0. The summed E-state index contributed by atoms with van der Waals surface area (Å²) >= 11 is 3.44. The SMILES string of the molecule is Cc1nc(C)c(C(C)C)c(N2CCN(C(=O)c3cccc(Br)c3)CC2)n1. The molecule has 0 atom stereocenters. The van der Waals surface area contributed by atoms with Gasteiger partial charge in [-0.05, 0) is 38.0 Å². The average Bonchev–Trinajstić information content (AvgIpc) is 2.60. The molecule has 0 N–H and O–H groups in total. The molecule has 1 aromatic heterocycles. The summed E-state index contributed by atoms with van der Waals surface area (Å²) in [5, 5.41) is 0. The maximum atomic E-state index is 12.7. The van der Waals surface area contributed by atoms with Gasteiger partial charge in [-0.3, -0.25) is 4.79 Å². The van der Waals surface area contributed by atoms with Crippen LogP contribution in [0.25, 0.3) is 0 Å². The molecule has 2 heterocycles. The molecule has 1 fully saturated rings. The summed E-state index contributed by atoms with van der Waals surface area (Å²) in [5.41, 5.74) is 2.99. The molecule has 6 heteroatoms. The van der Waals surface area contributed by atoms with Crippen molar-refractivity contribution in [2.24, 2.45) is 0 Å². The van der Waals surface area contributed by atoms with E-state index in [1.165, 1.54) is 5.56 Å². The Morgan fingerprint density at radius 2 is 1.81 bits per heavy atom. The summed E-state index contributed by atoms with van der Waals surface area (Å²) in [7, 11) is 0.